The van der Waals surface area contributed by atoms with Gasteiger partial charge in [0.15, 0.2) is 0 Å². The van der Waals surface area contributed by atoms with Crippen LogP contribution in [0.25, 0.3) is 0 Å². The van der Waals surface area contributed by atoms with Crippen LogP contribution in [0.2, 0.25) is 0 Å². The van der Waals surface area contributed by atoms with Crippen LogP contribution in [0.5, 0.6) is 0 Å². The van der Waals surface area contributed by atoms with Gasteiger partial charge in [0.1, 0.15) is 0 Å². The maximum Gasteiger partial charge on any atom is 0.0602 e. The standard InChI is InChI=1S/C18H27N3/c1-14-12-15(13-21(14)16-8-9-16)19-17-6-2-3-7-18(17)20-10-4-5-11-20/h2-3,6-7,14-16,19H,4-5,8-13H2,1H3. The summed E-state index contributed by atoms with van der Waals surface area (Å²) in [5, 5.41) is 3.85. The third kappa shape index (κ3) is 2.76. The van der Waals surface area contributed by atoms with E-state index in [1.807, 2.05) is 0 Å². The monoisotopic (exact) mass is 285 g/mol. The molecule has 3 heteroatoms. The van der Waals surface area contributed by atoms with Gasteiger partial charge in [0.05, 0.1) is 11.4 Å². The smallest absolute Gasteiger partial charge is 0.0602 e. The number of likely N-dealkylation sites (tertiary alicyclic amines) is 1. The van der Waals surface area contributed by atoms with Gasteiger partial charge in [-0.15, -0.1) is 0 Å². The molecule has 2 aliphatic heterocycles. The number of para-hydroxylation sites is 2. The van der Waals surface area contributed by atoms with Crippen molar-refractivity contribution in [2.75, 3.05) is 29.9 Å². The summed E-state index contributed by atoms with van der Waals surface area (Å²) in [5.41, 5.74) is 2.75. The van der Waals surface area contributed by atoms with E-state index in [0.717, 1.165) is 12.1 Å². The molecule has 0 radical (unpaired) electrons. The fourth-order valence-corrected chi connectivity index (χ4v) is 4.13. The average Bonchev–Trinajstić information content (AvgIpc) is 3.05. The summed E-state index contributed by atoms with van der Waals surface area (Å²) >= 11 is 0. The quantitative estimate of drug-likeness (QED) is 0.915. The Bertz CT molecular complexity index is 491. The number of hydrogen-bond donors (Lipinski definition) is 1. The van der Waals surface area contributed by atoms with Crippen molar-refractivity contribution < 1.29 is 0 Å². The van der Waals surface area contributed by atoms with E-state index in [2.05, 4.69) is 46.3 Å². The Morgan fingerprint density at radius 2 is 1.86 bits per heavy atom. The molecule has 1 saturated carbocycles. The predicted molar refractivity (Wildman–Crippen MR) is 89.1 cm³/mol. The molecule has 1 aromatic carbocycles. The van der Waals surface area contributed by atoms with Crippen molar-refractivity contribution in [3.8, 4) is 0 Å². The molecular formula is C18H27N3. The number of rotatable bonds is 4. The highest BCUT2D eigenvalue weighted by Gasteiger charge is 2.38. The van der Waals surface area contributed by atoms with E-state index < -0.39 is 0 Å². The highest BCUT2D eigenvalue weighted by atomic mass is 15.3. The Balaban J connectivity index is 1.47. The number of nitrogens with one attached hydrogen (secondary N) is 1. The van der Waals surface area contributed by atoms with E-state index in [1.165, 1.54) is 63.1 Å². The van der Waals surface area contributed by atoms with Gasteiger partial charge < -0.3 is 10.2 Å². The molecule has 1 aromatic rings. The van der Waals surface area contributed by atoms with E-state index >= 15 is 0 Å². The van der Waals surface area contributed by atoms with E-state index in [0.29, 0.717) is 6.04 Å². The summed E-state index contributed by atoms with van der Waals surface area (Å²) in [4.78, 5) is 5.26. The van der Waals surface area contributed by atoms with Gasteiger partial charge in [0.2, 0.25) is 0 Å². The zero-order valence-corrected chi connectivity index (χ0v) is 13.1. The van der Waals surface area contributed by atoms with Gasteiger partial charge in [-0.3, -0.25) is 4.90 Å². The molecule has 2 heterocycles. The molecule has 1 N–H and O–H groups in total. The minimum Gasteiger partial charge on any atom is -0.379 e. The van der Waals surface area contributed by atoms with Crippen LogP contribution in [0, 0.1) is 0 Å². The molecule has 0 aromatic heterocycles. The molecule has 3 nitrogen and oxygen atoms in total. The third-order valence-corrected chi connectivity index (χ3v) is 5.35. The number of hydrogen-bond acceptors (Lipinski definition) is 3. The zero-order valence-electron chi connectivity index (χ0n) is 13.1. The molecule has 0 amide bonds. The van der Waals surface area contributed by atoms with Crippen LogP contribution in [0.3, 0.4) is 0 Å². The number of benzene rings is 1. The first-order valence-electron chi connectivity index (χ1n) is 8.67. The van der Waals surface area contributed by atoms with Crippen LogP contribution < -0.4 is 10.2 Å². The first-order valence-corrected chi connectivity index (χ1v) is 8.67. The van der Waals surface area contributed by atoms with Gasteiger partial charge >= 0.3 is 0 Å². The van der Waals surface area contributed by atoms with Crippen molar-refractivity contribution in [2.45, 2.75) is 57.2 Å². The molecule has 0 spiro atoms. The molecule has 3 fully saturated rings. The predicted octanol–water partition coefficient (Wildman–Crippen LogP) is 3.32. The maximum atomic E-state index is 3.85. The summed E-state index contributed by atoms with van der Waals surface area (Å²) in [6, 6.07) is 11.1. The first-order chi connectivity index (χ1) is 10.3. The first kappa shape index (κ1) is 13.4. The van der Waals surface area contributed by atoms with Crippen molar-refractivity contribution in [1.29, 1.82) is 0 Å². The lowest BCUT2D eigenvalue weighted by atomic mass is 10.1. The van der Waals surface area contributed by atoms with E-state index in [1.54, 1.807) is 0 Å². The topological polar surface area (TPSA) is 18.5 Å². The van der Waals surface area contributed by atoms with Crippen molar-refractivity contribution in [3.05, 3.63) is 24.3 Å². The number of anilines is 2. The van der Waals surface area contributed by atoms with Crippen LogP contribution in [-0.4, -0.2) is 42.7 Å². The van der Waals surface area contributed by atoms with Crippen LogP contribution in [0.15, 0.2) is 24.3 Å². The minimum absolute atomic E-state index is 0.615. The van der Waals surface area contributed by atoms with E-state index in [-0.39, 0.29) is 0 Å². The van der Waals surface area contributed by atoms with Crippen LogP contribution in [0.1, 0.15) is 39.0 Å². The Morgan fingerprint density at radius 1 is 1.10 bits per heavy atom. The van der Waals surface area contributed by atoms with Gasteiger partial charge in [0, 0.05) is 37.8 Å². The number of nitrogens with zero attached hydrogens (tertiary/aromatic N) is 2. The molecule has 2 atom stereocenters. The summed E-state index contributed by atoms with van der Waals surface area (Å²) < 4.78 is 0. The van der Waals surface area contributed by atoms with Gasteiger partial charge in [-0.2, -0.15) is 0 Å². The van der Waals surface area contributed by atoms with Gasteiger partial charge in [-0.05, 0) is 51.2 Å². The molecule has 114 valence electrons. The Morgan fingerprint density at radius 3 is 2.62 bits per heavy atom. The largest absolute Gasteiger partial charge is 0.379 e. The molecule has 1 aliphatic carbocycles. The maximum absolute atomic E-state index is 3.85. The van der Waals surface area contributed by atoms with Gasteiger partial charge in [-0.25, -0.2) is 0 Å². The van der Waals surface area contributed by atoms with Crippen LogP contribution in [-0.2, 0) is 0 Å². The zero-order chi connectivity index (χ0) is 14.2. The third-order valence-electron chi connectivity index (χ3n) is 5.35. The molecule has 4 rings (SSSR count). The molecule has 2 unspecified atom stereocenters. The van der Waals surface area contributed by atoms with Crippen molar-refractivity contribution in [3.63, 3.8) is 0 Å². The molecule has 0 bridgehead atoms. The molecule has 21 heavy (non-hydrogen) atoms. The lowest BCUT2D eigenvalue weighted by Gasteiger charge is -2.24. The van der Waals surface area contributed by atoms with Crippen LogP contribution >= 0.6 is 0 Å². The second-order valence-corrected chi connectivity index (χ2v) is 7.07. The Labute approximate surface area is 128 Å². The van der Waals surface area contributed by atoms with Crippen molar-refractivity contribution in [2.24, 2.45) is 0 Å². The average molecular weight is 285 g/mol. The second-order valence-electron chi connectivity index (χ2n) is 7.07. The van der Waals surface area contributed by atoms with Crippen LogP contribution in [0.4, 0.5) is 11.4 Å². The van der Waals surface area contributed by atoms with Crippen molar-refractivity contribution in [1.82, 2.24) is 4.90 Å². The minimum atomic E-state index is 0.615. The lowest BCUT2D eigenvalue weighted by molar-refractivity contribution is 0.257. The molecule has 2 saturated heterocycles. The fourth-order valence-electron chi connectivity index (χ4n) is 4.13. The summed E-state index contributed by atoms with van der Waals surface area (Å²) in [7, 11) is 0. The van der Waals surface area contributed by atoms with Crippen molar-refractivity contribution >= 4 is 11.4 Å². The van der Waals surface area contributed by atoms with Gasteiger partial charge in [-0.1, -0.05) is 12.1 Å². The Kier molecular flexibility index (Phi) is 3.54. The second kappa shape index (κ2) is 5.53. The Hall–Kier alpha value is -1.22. The van der Waals surface area contributed by atoms with E-state index in [9.17, 15) is 0 Å². The normalized spacial score (nSPS) is 30.0. The summed E-state index contributed by atoms with van der Waals surface area (Å²) in [5.74, 6) is 0. The molecular weight excluding hydrogens is 258 g/mol. The fraction of sp³-hybridized carbons (Fsp3) is 0.667. The summed E-state index contributed by atoms with van der Waals surface area (Å²) in [6.07, 6.45) is 6.79. The lowest BCUT2D eigenvalue weighted by Crippen LogP contribution is -2.31. The summed E-state index contributed by atoms with van der Waals surface area (Å²) in [6.45, 7) is 6.05. The molecule has 3 aliphatic rings. The van der Waals surface area contributed by atoms with E-state index in [4.69, 9.17) is 0 Å². The highest BCUT2D eigenvalue weighted by Crippen LogP contribution is 2.35. The SMILES string of the molecule is CC1CC(Nc2ccccc2N2CCCC2)CN1C1CC1. The highest BCUT2D eigenvalue weighted by molar-refractivity contribution is 5.70. The van der Waals surface area contributed by atoms with Gasteiger partial charge in [0.25, 0.3) is 0 Å².